The predicted octanol–water partition coefficient (Wildman–Crippen LogP) is 1.12. The Hall–Kier alpha value is -1.16. The Balaban J connectivity index is 2.01. The molecule has 0 atom stereocenters. The minimum absolute atomic E-state index is 0.0190. The number of allylic oxidation sites excluding steroid dienone is 2. The fourth-order valence-electron chi connectivity index (χ4n) is 2.40. The van der Waals surface area contributed by atoms with Crippen molar-refractivity contribution in [2.75, 3.05) is 33.8 Å². The number of likely N-dealkylation sites (N-methyl/N-ethyl adjacent to an activating group) is 1. The standard InChI is InChI=1S/C13H23N3O/c1-13(14)6-8-16(9-7-13)11-4-5-12(17-3)15(2)10-11/h4-5H,6-10,14H2,1-3H3. The van der Waals surface area contributed by atoms with Crippen molar-refractivity contribution in [2.45, 2.75) is 25.3 Å². The number of nitrogens with two attached hydrogens (primary N) is 1. The van der Waals surface area contributed by atoms with E-state index in [0.29, 0.717) is 0 Å². The highest BCUT2D eigenvalue weighted by molar-refractivity contribution is 5.21. The van der Waals surface area contributed by atoms with Gasteiger partial charge >= 0.3 is 0 Å². The van der Waals surface area contributed by atoms with E-state index in [1.54, 1.807) is 7.11 Å². The molecule has 0 unspecified atom stereocenters. The number of hydrogen-bond donors (Lipinski definition) is 1. The minimum atomic E-state index is 0.0190. The number of piperidine rings is 1. The quantitative estimate of drug-likeness (QED) is 0.781. The van der Waals surface area contributed by atoms with Gasteiger partial charge in [0.1, 0.15) is 0 Å². The van der Waals surface area contributed by atoms with Crippen LogP contribution in [0.25, 0.3) is 0 Å². The average molecular weight is 237 g/mol. The van der Waals surface area contributed by atoms with Gasteiger partial charge in [0.25, 0.3) is 0 Å². The molecule has 0 amide bonds. The zero-order valence-corrected chi connectivity index (χ0v) is 11.1. The molecule has 1 saturated heterocycles. The highest BCUT2D eigenvalue weighted by Crippen LogP contribution is 2.24. The van der Waals surface area contributed by atoms with Crippen LogP contribution in [0.4, 0.5) is 0 Å². The van der Waals surface area contributed by atoms with Crippen molar-refractivity contribution in [3.05, 3.63) is 23.7 Å². The van der Waals surface area contributed by atoms with Crippen LogP contribution in [0.5, 0.6) is 0 Å². The summed E-state index contributed by atoms with van der Waals surface area (Å²) in [5.74, 6) is 0.925. The summed E-state index contributed by atoms with van der Waals surface area (Å²) < 4.78 is 5.28. The molecule has 0 spiro atoms. The van der Waals surface area contributed by atoms with Gasteiger partial charge in [0.2, 0.25) is 0 Å². The Labute approximate surface area is 104 Å². The van der Waals surface area contributed by atoms with E-state index in [1.807, 2.05) is 6.08 Å². The van der Waals surface area contributed by atoms with Crippen LogP contribution in [0, 0.1) is 0 Å². The van der Waals surface area contributed by atoms with E-state index in [4.69, 9.17) is 10.5 Å². The first kappa shape index (κ1) is 12.3. The molecule has 0 saturated carbocycles. The van der Waals surface area contributed by atoms with Crippen LogP contribution in [-0.4, -0.2) is 49.1 Å². The Bertz CT molecular complexity index is 337. The molecule has 0 aromatic rings. The van der Waals surface area contributed by atoms with Gasteiger partial charge in [-0.3, -0.25) is 0 Å². The van der Waals surface area contributed by atoms with E-state index >= 15 is 0 Å². The maximum absolute atomic E-state index is 6.15. The number of nitrogens with zero attached hydrogens (tertiary/aromatic N) is 2. The Kier molecular flexibility index (Phi) is 3.33. The molecule has 0 aliphatic carbocycles. The summed E-state index contributed by atoms with van der Waals surface area (Å²) in [6.07, 6.45) is 6.33. The molecule has 0 radical (unpaired) electrons. The fourth-order valence-corrected chi connectivity index (χ4v) is 2.40. The number of likely N-dealkylation sites (tertiary alicyclic amines) is 1. The molecule has 2 rings (SSSR count). The molecule has 0 aromatic carbocycles. The average Bonchev–Trinajstić information content (AvgIpc) is 2.29. The lowest BCUT2D eigenvalue weighted by molar-refractivity contribution is 0.154. The Morgan fingerprint density at radius 2 is 1.94 bits per heavy atom. The van der Waals surface area contributed by atoms with E-state index in [1.165, 1.54) is 5.70 Å². The van der Waals surface area contributed by atoms with Crippen molar-refractivity contribution < 1.29 is 4.74 Å². The van der Waals surface area contributed by atoms with Crippen molar-refractivity contribution in [2.24, 2.45) is 5.73 Å². The largest absolute Gasteiger partial charge is 0.482 e. The smallest absolute Gasteiger partial charge is 0.189 e. The maximum atomic E-state index is 6.15. The second kappa shape index (κ2) is 4.61. The van der Waals surface area contributed by atoms with Gasteiger partial charge < -0.3 is 20.3 Å². The lowest BCUT2D eigenvalue weighted by Crippen LogP contribution is -2.48. The van der Waals surface area contributed by atoms with Crippen LogP contribution >= 0.6 is 0 Å². The first-order valence-corrected chi connectivity index (χ1v) is 6.22. The Morgan fingerprint density at radius 3 is 2.47 bits per heavy atom. The molecule has 4 nitrogen and oxygen atoms in total. The van der Waals surface area contributed by atoms with Gasteiger partial charge in [-0.15, -0.1) is 0 Å². The van der Waals surface area contributed by atoms with Crippen LogP contribution in [0.15, 0.2) is 23.7 Å². The molecule has 0 aromatic heterocycles. The molecular formula is C13H23N3O. The molecule has 0 bridgehead atoms. The zero-order chi connectivity index (χ0) is 12.5. The number of hydrogen-bond acceptors (Lipinski definition) is 4. The van der Waals surface area contributed by atoms with Gasteiger partial charge in [-0.25, -0.2) is 0 Å². The maximum Gasteiger partial charge on any atom is 0.189 e. The molecule has 1 fully saturated rings. The predicted molar refractivity (Wildman–Crippen MR) is 69.2 cm³/mol. The van der Waals surface area contributed by atoms with Crippen molar-refractivity contribution in [1.29, 1.82) is 0 Å². The van der Waals surface area contributed by atoms with Gasteiger partial charge in [0, 0.05) is 31.4 Å². The van der Waals surface area contributed by atoms with E-state index in [0.717, 1.165) is 38.4 Å². The normalized spacial score (nSPS) is 24.2. The monoisotopic (exact) mass is 237 g/mol. The molecule has 2 N–H and O–H groups in total. The molecule has 2 aliphatic heterocycles. The molecule has 2 aliphatic rings. The summed E-state index contributed by atoms with van der Waals surface area (Å²) in [6, 6.07) is 0. The van der Waals surface area contributed by atoms with Crippen molar-refractivity contribution in [1.82, 2.24) is 9.80 Å². The summed E-state index contributed by atoms with van der Waals surface area (Å²) in [5, 5.41) is 0. The molecule has 2 heterocycles. The lowest BCUT2D eigenvalue weighted by atomic mass is 9.90. The van der Waals surface area contributed by atoms with Crippen molar-refractivity contribution >= 4 is 0 Å². The summed E-state index contributed by atoms with van der Waals surface area (Å²) in [4.78, 5) is 4.57. The zero-order valence-electron chi connectivity index (χ0n) is 11.1. The van der Waals surface area contributed by atoms with Gasteiger partial charge in [-0.2, -0.15) is 0 Å². The summed E-state index contributed by atoms with van der Waals surface area (Å²) in [5.41, 5.74) is 7.54. The highest BCUT2D eigenvalue weighted by Gasteiger charge is 2.27. The van der Waals surface area contributed by atoms with Crippen molar-refractivity contribution in [3.63, 3.8) is 0 Å². The highest BCUT2D eigenvalue weighted by atomic mass is 16.5. The fraction of sp³-hybridized carbons (Fsp3) is 0.692. The summed E-state index contributed by atoms with van der Waals surface area (Å²) in [7, 11) is 3.77. The SMILES string of the molecule is COC1=CC=C(N2CCC(C)(N)CC2)CN1C. The van der Waals surface area contributed by atoms with E-state index in [9.17, 15) is 0 Å². The third kappa shape index (κ3) is 2.75. The first-order valence-electron chi connectivity index (χ1n) is 6.22. The second-order valence-corrected chi connectivity index (χ2v) is 5.36. The third-order valence-electron chi connectivity index (χ3n) is 3.71. The summed E-state index contributed by atoms with van der Waals surface area (Å²) >= 11 is 0. The van der Waals surface area contributed by atoms with Crippen LogP contribution in [0.3, 0.4) is 0 Å². The van der Waals surface area contributed by atoms with Gasteiger partial charge in [-0.1, -0.05) is 0 Å². The molecule has 17 heavy (non-hydrogen) atoms. The van der Waals surface area contributed by atoms with Crippen molar-refractivity contribution in [3.8, 4) is 0 Å². The van der Waals surface area contributed by atoms with Crippen LogP contribution in [-0.2, 0) is 4.74 Å². The Morgan fingerprint density at radius 1 is 1.29 bits per heavy atom. The summed E-state index contributed by atoms with van der Waals surface area (Å²) in [6.45, 7) is 5.18. The van der Waals surface area contributed by atoms with Gasteiger partial charge in [0.15, 0.2) is 5.88 Å². The van der Waals surface area contributed by atoms with Crippen LogP contribution in [0.2, 0.25) is 0 Å². The lowest BCUT2D eigenvalue weighted by Gasteiger charge is -2.41. The van der Waals surface area contributed by atoms with E-state index in [2.05, 4.69) is 29.8 Å². The number of ether oxygens (including phenoxy) is 1. The van der Waals surface area contributed by atoms with Crippen LogP contribution < -0.4 is 5.73 Å². The van der Waals surface area contributed by atoms with E-state index in [-0.39, 0.29) is 5.54 Å². The second-order valence-electron chi connectivity index (χ2n) is 5.36. The van der Waals surface area contributed by atoms with Gasteiger partial charge in [-0.05, 0) is 31.9 Å². The minimum Gasteiger partial charge on any atom is -0.482 e. The topological polar surface area (TPSA) is 41.7 Å². The first-order chi connectivity index (χ1) is 8.02. The number of rotatable bonds is 2. The molecule has 4 heteroatoms. The van der Waals surface area contributed by atoms with E-state index < -0.39 is 0 Å². The third-order valence-corrected chi connectivity index (χ3v) is 3.71. The van der Waals surface area contributed by atoms with Crippen LogP contribution in [0.1, 0.15) is 19.8 Å². The number of methoxy groups -OCH3 is 1. The molecular weight excluding hydrogens is 214 g/mol. The van der Waals surface area contributed by atoms with Gasteiger partial charge in [0.05, 0.1) is 13.7 Å². The molecule has 96 valence electrons.